The third kappa shape index (κ3) is 1.26. The van der Waals surface area contributed by atoms with E-state index in [1.54, 1.807) is 0 Å². The summed E-state index contributed by atoms with van der Waals surface area (Å²) in [6.45, 7) is 0. The molecule has 1 heterocycles. The van der Waals surface area contributed by atoms with Gasteiger partial charge in [0.25, 0.3) is 0 Å². The van der Waals surface area contributed by atoms with Gasteiger partial charge in [-0.1, -0.05) is 4.98 Å². The minimum Gasteiger partial charge on any atom is -0.390 e. The van der Waals surface area contributed by atoms with Crippen molar-refractivity contribution >= 4 is 21.9 Å². The molecule has 1 N–H and O–H groups in total. The van der Waals surface area contributed by atoms with Crippen LogP contribution in [0.3, 0.4) is 0 Å². The van der Waals surface area contributed by atoms with Crippen LogP contribution in [0.5, 0.6) is 0 Å². The quantitative estimate of drug-likeness (QED) is 0.534. The molecule has 0 amide bonds. The van der Waals surface area contributed by atoms with E-state index in [0.717, 1.165) is 0 Å². The summed E-state index contributed by atoms with van der Waals surface area (Å²) in [4.78, 5) is 15.1. The van der Waals surface area contributed by atoms with Gasteiger partial charge in [-0.05, 0) is 20.9 Å². The van der Waals surface area contributed by atoms with Crippen LogP contribution in [0.4, 0.5) is 5.95 Å². The highest BCUT2D eigenvalue weighted by Crippen LogP contribution is 2.09. The maximum absolute atomic E-state index is 9.91. The zero-order chi connectivity index (χ0) is 6.85. The third-order valence-corrected chi connectivity index (χ3v) is 1.11. The van der Waals surface area contributed by atoms with Crippen LogP contribution in [-0.4, -0.2) is 14.9 Å². The number of imidazole rings is 1. The second kappa shape index (κ2) is 2.14. The lowest BCUT2D eigenvalue weighted by Crippen LogP contribution is -1.88. The molecule has 0 aromatic carbocycles. The molecule has 0 aliphatic carbocycles. The van der Waals surface area contributed by atoms with Crippen molar-refractivity contribution in [2.75, 3.05) is 0 Å². The van der Waals surface area contributed by atoms with Gasteiger partial charge in [0, 0.05) is 0 Å². The molecule has 0 bridgehead atoms. The van der Waals surface area contributed by atoms with Crippen LogP contribution in [0.1, 0.15) is 0 Å². The molecule has 9 heavy (non-hydrogen) atoms. The summed E-state index contributed by atoms with van der Waals surface area (Å²) in [7, 11) is 0. The Labute approximate surface area is 58.4 Å². The maximum atomic E-state index is 9.91. The van der Waals surface area contributed by atoms with Gasteiger partial charge < -0.3 is 10.1 Å². The summed E-state index contributed by atoms with van der Waals surface area (Å²) in [5.74, 6) is -0.248. The average molecular weight is 192 g/mol. The first kappa shape index (κ1) is 6.21. The van der Waals surface area contributed by atoms with E-state index >= 15 is 0 Å². The lowest BCUT2D eigenvalue weighted by atomic mass is 11.0. The number of nitro groups is 1. The zero-order valence-corrected chi connectivity index (χ0v) is 5.75. The Morgan fingerprint density at radius 2 is 2.56 bits per heavy atom. The summed E-state index contributed by atoms with van der Waals surface area (Å²) in [6, 6.07) is 0. The monoisotopic (exact) mass is 191 g/mol. The fraction of sp³-hybridized carbons (Fsp3) is 0. The first-order valence-corrected chi connectivity index (χ1v) is 2.84. The fourth-order valence-electron chi connectivity index (χ4n) is 0.382. The molecular formula is C3H2BrN3O2. The van der Waals surface area contributed by atoms with Crippen LogP contribution in [0, 0.1) is 10.1 Å². The van der Waals surface area contributed by atoms with Crippen LogP contribution < -0.4 is 0 Å². The summed E-state index contributed by atoms with van der Waals surface area (Å²) in [5, 5.41) is 9.91. The van der Waals surface area contributed by atoms with Crippen molar-refractivity contribution in [1.29, 1.82) is 0 Å². The van der Waals surface area contributed by atoms with Crippen LogP contribution in [0.2, 0.25) is 0 Å². The molecule has 0 spiro atoms. The minimum absolute atomic E-state index is 0.248. The molecule has 6 heteroatoms. The molecule has 1 rings (SSSR count). The second-order valence-electron chi connectivity index (χ2n) is 1.31. The Bertz CT molecular complexity index is 233. The van der Waals surface area contributed by atoms with Crippen LogP contribution in [-0.2, 0) is 0 Å². The first-order valence-electron chi connectivity index (χ1n) is 2.05. The number of H-pyrrole nitrogens is 1. The van der Waals surface area contributed by atoms with Crippen molar-refractivity contribution in [2.24, 2.45) is 0 Å². The molecule has 0 aliphatic heterocycles. The number of hydrogen-bond donors (Lipinski definition) is 1. The lowest BCUT2D eigenvalue weighted by Gasteiger charge is -1.84. The van der Waals surface area contributed by atoms with Crippen LogP contribution in [0.15, 0.2) is 10.8 Å². The van der Waals surface area contributed by atoms with E-state index in [2.05, 4.69) is 25.9 Å². The van der Waals surface area contributed by atoms with Crippen LogP contribution >= 0.6 is 15.9 Å². The van der Waals surface area contributed by atoms with E-state index in [9.17, 15) is 10.1 Å². The highest BCUT2D eigenvalue weighted by molar-refractivity contribution is 9.10. The highest BCUT2D eigenvalue weighted by atomic mass is 79.9. The van der Waals surface area contributed by atoms with Gasteiger partial charge in [-0.2, -0.15) is 0 Å². The van der Waals surface area contributed by atoms with Crippen LogP contribution in [0.25, 0.3) is 0 Å². The average Bonchev–Trinajstić information content (AvgIpc) is 2.14. The molecule has 1 aromatic heterocycles. The number of aromatic nitrogens is 2. The molecule has 0 radical (unpaired) electrons. The lowest BCUT2D eigenvalue weighted by molar-refractivity contribution is -0.393. The van der Waals surface area contributed by atoms with E-state index in [1.807, 2.05) is 0 Å². The third-order valence-electron chi connectivity index (χ3n) is 0.704. The van der Waals surface area contributed by atoms with Crippen molar-refractivity contribution in [2.45, 2.75) is 0 Å². The summed E-state index contributed by atoms with van der Waals surface area (Å²) in [6.07, 6.45) is 1.33. The van der Waals surface area contributed by atoms with Gasteiger partial charge in [0.2, 0.25) is 0 Å². The van der Waals surface area contributed by atoms with Gasteiger partial charge >= 0.3 is 5.95 Å². The van der Waals surface area contributed by atoms with E-state index < -0.39 is 4.92 Å². The van der Waals surface area contributed by atoms with Gasteiger partial charge in [-0.3, -0.25) is 0 Å². The Kier molecular flexibility index (Phi) is 1.48. The molecule has 48 valence electrons. The second-order valence-corrected chi connectivity index (χ2v) is 2.17. The van der Waals surface area contributed by atoms with Crippen molar-refractivity contribution in [1.82, 2.24) is 9.97 Å². The molecule has 5 nitrogen and oxygen atoms in total. The number of aromatic amines is 1. The number of nitrogens with one attached hydrogen (secondary N) is 1. The summed E-state index contributed by atoms with van der Waals surface area (Å²) in [5.41, 5.74) is 0. The normalized spacial score (nSPS) is 9.44. The number of nitrogens with zero attached hydrogens (tertiary/aromatic N) is 2. The van der Waals surface area contributed by atoms with E-state index in [1.165, 1.54) is 6.20 Å². The van der Waals surface area contributed by atoms with Gasteiger partial charge in [0.05, 0.1) is 0 Å². The van der Waals surface area contributed by atoms with Crippen molar-refractivity contribution in [3.63, 3.8) is 0 Å². The molecule has 0 aliphatic rings. The Morgan fingerprint density at radius 3 is 2.78 bits per heavy atom. The summed E-state index contributed by atoms with van der Waals surface area (Å²) >= 11 is 2.98. The minimum atomic E-state index is -0.592. The Morgan fingerprint density at radius 1 is 1.89 bits per heavy atom. The molecule has 0 atom stereocenters. The Balaban J connectivity index is 2.98. The summed E-state index contributed by atoms with van der Waals surface area (Å²) < 4.78 is 0.509. The predicted molar refractivity (Wildman–Crippen MR) is 32.9 cm³/mol. The van der Waals surface area contributed by atoms with Gasteiger partial charge in [-0.25, -0.2) is 4.98 Å². The van der Waals surface area contributed by atoms with Crippen molar-refractivity contribution in [3.8, 4) is 0 Å². The van der Waals surface area contributed by atoms with E-state index in [4.69, 9.17) is 0 Å². The van der Waals surface area contributed by atoms with E-state index in [0.29, 0.717) is 4.60 Å². The Hall–Kier alpha value is -0.910. The van der Waals surface area contributed by atoms with Gasteiger partial charge in [-0.15, -0.1) is 0 Å². The highest BCUT2D eigenvalue weighted by Gasteiger charge is 2.06. The zero-order valence-electron chi connectivity index (χ0n) is 4.17. The SMILES string of the molecule is O=[N+]([O-])c1ncc(Br)[nH]1. The number of rotatable bonds is 1. The first-order chi connectivity index (χ1) is 4.20. The molecule has 0 unspecified atom stereocenters. The van der Waals surface area contributed by atoms with Gasteiger partial charge in [0.15, 0.2) is 10.8 Å². The molecule has 0 saturated heterocycles. The molecule has 0 fully saturated rings. The largest absolute Gasteiger partial charge is 0.433 e. The smallest absolute Gasteiger partial charge is 0.390 e. The fourth-order valence-corrected chi connectivity index (χ4v) is 0.662. The number of halogens is 1. The van der Waals surface area contributed by atoms with Crippen molar-refractivity contribution in [3.05, 3.63) is 20.9 Å². The molecule has 0 saturated carbocycles. The predicted octanol–water partition coefficient (Wildman–Crippen LogP) is 1.08. The molecule has 1 aromatic rings. The topological polar surface area (TPSA) is 71.8 Å². The molecular weight excluding hydrogens is 190 g/mol. The number of hydrogen-bond acceptors (Lipinski definition) is 3. The maximum Gasteiger partial charge on any atom is 0.433 e. The van der Waals surface area contributed by atoms with Gasteiger partial charge in [0.1, 0.15) is 0 Å². The standard InChI is InChI=1S/C3H2BrN3O2/c4-2-1-5-3(6-2)7(8)9/h1H,(H,5,6). The van der Waals surface area contributed by atoms with E-state index in [-0.39, 0.29) is 5.95 Å². The van der Waals surface area contributed by atoms with Crippen molar-refractivity contribution < 1.29 is 4.92 Å².